The van der Waals surface area contributed by atoms with Gasteiger partial charge in [0, 0.05) is 22.7 Å². The second-order valence-electron chi connectivity index (χ2n) is 4.23. The lowest BCUT2D eigenvalue weighted by atomic mass is 10.0. The maximum absolute atomic E-state index is 13.8. The zero-order chi connectivity index (χ0) is 15.2. The second kappa shape index (κ2) is 7.95. The van der Waals surface area contributed by atoms with E-state index in [1.165, 1.54) is 6.07 Å². The van der Waals surface area contributed by atoms with E-state index in [0.717, 1.165) is 0 Å². The van der Waals surface area contributed by atoms with Crippen molar-refractivity contribution in [2.75, 3.05) is 19.8 Å². The van der Waals surface area contributed by atoms with E-state index in [9.17, 15) is 17.6 Å². The van der Waals surface area contributed by atoms with Crippen LogP contribution in [0.4, 0.5) is 17.6 Å². The van der Waals surface area contributed by atoms with Crippen LogP contribution in [0.5, 0.6) is 0 Å². The highest BCUT2D eigenvalue weighted by Gasteiger charge is 2.27. The van der Waals surface area contributed by atoms with Crippen molar-refractivity contribution in [3.8, 4) is 0 Å². The van der Waals surface area contributed by atoms with Crippen LogP contribution in [0, 0.1) is 5.82 Å². The molecule has 7 heteroatoms. The fourth-order valence-corrected chi connectivity index (χ4v) is 2.16. The van der Waals surface area contributed by atoms with E-state index in [1.54, 1.807) is 12.1 Å². The molecule has 0 aliphatic rings. The van der Waals surface area contributed by atoms with Crippen LogP contribution < -0.4 is 5.32 Å². The van der Waals surface area contributed by atoms with Crippen molar-refractivity contribution < 1.29 is 22.3 Å². The van der Waals surface area contributed by atoms with Gasteiger partial charge < -0.3 is 10.1 Å². The molecular formula is C13H16BrF4NO. The van der Waals surface area contributed by atoms with Gasteiger partial charge in [-0.1, -0.05) is 22.9 Å². The second-order valence-corrected chi connectivity index (χ2v) is 5.15. The minimum absolute atomic E-state index is 0.0941. The molecule has 0 saturated carbocycles. The van der Waals surface area contributed by atoms with Crippen molar-refractivity contribution in [2.24, 2.45) is 0 Å². The predicted octanol–water partition coefficient (Wildman–Crippen LogP) is 4.21. The van der Waals surface area contributed by atoms with E-state index in [-0.39, 0.29) is 19.1 Å². The number of hydrogen-bond acceptors (Lipinski definition) is 2. The van der Waals surface area contributed by atoms with Crippen molar-refractivity contribution in [1.29, 1.82) is 0 Å². The van der Waals surface area contributed by atoms with Gasteiger partial charge in [-0.15, -0.1) is 0 Å². The van der Waals surface area contributed by atoms with Gasteiger partial charge in [0.15, 0.2) is 0 Å². The van der Waals surface area contributed by atoms with Crippen LogP contribution in [0.15, 0.2) is 22.7 Å². The molecule has 114 valence electrons. The molecule has 2 nitrogen and oxygen atoms in total. The normalized spacial score (nSPS) is 13.5. The molecule has 0 aliphatic heterocycles. The lowest BCUT2D eigenvalue weighted by Gasteiger charge is -2.19. The summed E-state index contributed by atoms with van der Waals surface area (Å²) in [5.41, 5.74) is 0.414. The van der Waals surface area contributed by atoms with E-state index < -0.39 is 18.6 Å². The number of hydrogen-bond donors (Lipinski definition) is 1. The molecule has 0 bridgehead atoms. The molecule has 0 heterocycles. The Kier molecular flexibility index (Phi) is 6.91. The van der Waals surface area contributed by atoms with E-state index in [1.807, 2.05) is 6.92 Å². The van der Waals surface area contributed by atoms with Gasteiger partial charge in [-0.2, -0.15) is 13.2 Å². The Labute approximate surface area is 123 Å². The summed E-state index contributed by atoms with van der Waals surface area (Å²) in [6.45, 7) is 1.05. The number of benzene rings is 1. The third kappa shape index (κ3) is 6.19. The Morgan fingerprint density at radius 1 is 1.35 bits per heavy atom. The highest BCUT2D eigenvalue weighted by Crippen LogP contribution is 2.24. The fraction of sp³-hybridized carbons (Fsp3) is 0.538. The monoisotopic (exact) mass is 357 g/mol. The smallest absolute Gasteiger partial charge is 0.372 e. The Balaban J connectivity index is 2.62. The van der Waals surface area contributed by atoms with Crippen LogP contribution in [0.25, 0.3) is 0 Å². The van der Waals surface area contributed by atoms with E-state index >= 15 is 0 Å². The molecule has 20 heavy (non-hydrogen) atoms. The third-order valence-corrected chi connectivity index (χ3v) is 3.09. The average Bonchev–Trinajstić information content (AvgIpc) is 2.35. The van der Waals surface area contributed by atoms with E-state index in [4.69, 9.17) is 0 Å². The van der Waals surface area contributed by atoms with E-state index in [2.05, 4.69) is 26.0 Å². The molecule has 0 spiro atoms. The standard InChI is InChI=1S/C13H16BrF4NO/c1-2-19-12(5-6-20-8-13(16,17)18)10-7-9(14)3-4-11(10)15/h3-4,7,12,19H,2,5-6,8H2,1H3. The summed E-state index contributed by atoms with van der Waals surface area (Å²) in [4.78, 5) is 0. The first-order valence-electron chi connectivity index (χ1n) is 6.16. The van der Waals surface area contributed by atoms with Crippen LogP contribution in [0.1, 0.15) is 24.9 Å². The van der Waals surface area contributed by atoms with Crippen LogP contribution in [-0.4, -0.2) is 25.9 Å². The summed E-state index contributed by atoms with van der Waals surface area (Å²) < 4.78 is 54.9. The van der Waals surface area contributed by atoms with Crippen LogP contribution >= 0.6 is 15.9 Å². The molecule has 1 N–H and O–H groups in total. The Hall–Kier alpha value is -0.660. The molecule has 1 aromatic carbocycles. The van der Waals surface area contributed by atoms with Gasteiger partial charge in [0.2, 0.25) is 0 Å². The van der Waals surface area contributed by atoms with Crippen LogP contribution in [-0.2, 0) is 4.74 Å². The molecule has 1 unspecified atom stereocenters. The third-order valence-electron chi connectivity index (χ3n) is 2.60. The first kappa shape index (κ1) is 17.4. The van der Waals surface area contributed by atoms with Crippen molar-refractivity contribution in [3.63, 3.8) is 0 Å². The van der Waals surface area contributed by atoms with Crippen molar-refractivity contribution in [2.45, 2.75) is 25.6 Å². The van der Waals surface area contributed by atoms with Gasteiger partial charge in [-0.3, -0.25) is 0 Å². The highest BCUT2D eigenvalue weighted by atomic mass is 79.9. The van der Waals surface area contributed by atoms with Crippen LogP contribution in [0.3, 0.4) is 0 Å². The summed E-state index contributed by atoms with van der Waals surface area (Å²) in [6, 6.07) is 4.13. The zero-order valence-electron chi connectivity index (χ0n) is 10.9. The molecule has 1 rings (SSSR count). The molecule has 0 aromatic heterocycles. The number of rotatable bonds is 7. The maximum atomic E-state index is 13.8. The molecule has 0 aliphatic carbocycles. The minimum atomic E-state index is -4.34. The predicted molar refractivity (Wildman–Crippen MR) is 72.0 cm³/mol. The van der Waals surface area contributed by atoms with Crippen molar-refractivity contribution in [3.05, 3.63) is 34.1 Å². The quantitative estimate of drug-likeness (QED) is 0.583. The Morgan fingerprint density at radius 3 is 2.65 bits per heavy atom. The largest absolute Gasteiger partial charge is 0.411 e. The number of halogens is 5. The molecular weight excluding hydrogens is 342 g/mol. The fourth-order valence-electron chi connectivity index (χ4n) is 1.78. The van der Waals surface area contributed by atoms with E-state index in [0.29, 0.717) is 16.6 Å². The van der Waals surface area contributed by atoms with Gasteiger partial charge in [-0.05, 0) is 31.2 Å². The van der Waals surface area contributed by atoms with Gasteiger partial charge in [0.25, 0.3) is 0 Å². The van der Waals surface area contributed by atoms with Gasteiger partial charge in [0.1, 0.15) is 12.4 Å². The summed E-state index contributed by atoms with van der Waals surface area (Å²) >= 11 is 3.25. The lowest BCUT2D eigenvalue weighted by Crippen LogP contribution is -2.25. The lowest BCUT2D eigenvalue weighted by molar-refractivity contribution is -0.174. The Morgan fingerprint density at radius 2 is 2.05 bits per heavy atom. The van der Waals surface area contributed by atoms with Gasteiger partial charge in [-0.25, -0.2) is 4.39 Å². The topological polar surface area (TPSA) is 21.3 Å². The summed E-state index contributed by atoms with van der Waals surface area (Å²) in [5.74, 6) is -0.394. The number of ether oxygens (including phenoxy) is 1. The highest BCUT2D eigenvalue weighted by molar-refractivity contribution is 9.10. The molecule has 0 amide bonds. The summed E-state index contributed by atoms with van der Waals surface area (Å²) in [6.07, 6.45) is -4.08. The maximum Gasteiger partial charge on any atom is 0.411 e. The number of nitrogens with one attached hydrogen (secondary N) is 1. The molecule has 0 saturated heterocycles. The van der Waals surface area contributed by atoms with Crippen molar-refractivity contribution in [1.82, 2.24) is 5.32 Å². The molecule has 1 atom stereocenters. The first-order valence-corrected chi connectivity index (χ1v) is 6.95. The van der Waals surface area contributed by atoms with Crippen molar-refractivity contribution >= 4 is 15.9 Å². The van der Waals surface area contributed by atoms with Gasteiger partial charge in [0.05, 0.1) is 0 Å². The minimum Gasteiger partial charge on any atom is -0.372 e. The average molecular weight is 358 g/mol. The summed E-state index contributed by atoms with van der Waals surface area (Å²) in [5, 5.41) is 3.04. The molecule has 1 aromatic rings. The van der Waals surface area contributed by atoms with Gasteiger partial charge >= 0.3 is 6.18 Å². The first-order chi connectivity index (χ1) is 9.33. The Bertz CT molecular complexity index is 425. The van der Waals surface area contributed by atoms with Crippen LogP contribution in [0.2, 0.25) is 0 Å². The number of alkyl halides is 3. The molecule has 0 radical (unpaired) electrons. The SMILES string of the molecule is CCNC(CCOCC(F)(F)F)c1cc(Br)ccc1F. The summed E-state index contributed by atoms with van der Waals surface area (Å²) in [7, 11) is 0. The zero-order valence-corrected chi connectivity index (χ0v) is 12.5. The molecule has 0 fully saturated rings.